The Morgan fingerprint density at radius 2 is 1.81 bits per heavy atom. The number of fused-ring (bicyclic) bond motifs is 3. The van der Waals surface area contributed by atoms with Gasteiger partial charge >= 0.3 is 6.09 Å². The predicted molar refractivity (Wildman–Crippen MR) is 234 cm³/mol. The van der Waals surface area contributed by atoms with Gasteiger partial charge in [0, 0.05) is 43.4 Å². The summed E-state index contributed by atoms with van der Waals surface area (Å²) in [6, 6.07) is 16.7. The largest absolute Gasteiger partial charge is 0.487 e. The first-order valence-corrected chi connectivity index (χ1v) is 22.0. The fourth-order valence-electron chi connectivity index (χ4n) is 9.57. The highest BCUT2D eigenvalue weighted by molar-refractivity contribution is 6.03. The molecule has 7 rings (SSSR count). The quantitative estimate of drug-likeness (QED) is 0.0569. The molecule has 332 valence electrons. The maximum Gasteiger partial charge on any atom is 0.410 e. The van der Waals surface area contributed by atoms with E-state index in [0.29, 0.717) is 54.6 Å². The van der Waals surface area contributed by atoms with Gasteiger partial charge in [0.15, 0.2) is 11.5 Å². The van der Waals surface area contributed by atoms with E-state index < -0.39 is 23.8 Å². The van der Waals surface area contributed by atoms with Gasteiger partial charge in [-0.25, -0.2) is 4.79 Å². The first-order chi connectivity index (χ1) is 30.3. The van der Waals surface area contributed by atoms with Crippen LogP contribution in [-0.2, 0) is 27.5 Å². The fourth-order valence-corrected chi connectivity index (χ4v) is 9.57. The van der Waals surface area contributed by atoms with Crippen LogP contribution in [0.15, 0.2) is 96.7 Å². The van der Waals surface area contributed by atoms with E-state index in [9.17, 15) is 15.0 Å². The van der Waals surface area contributed by atoms with Crippen molar-refractivity contribution in [3.05, 3.63) is 114 Å². The molecule has 1 amide bonds. The number of pyridine rings is 1. The zero-order valence-electron chi connectivity index (χ0n) is 36.0. The number of hydrogen-bond acceptors (Lipinski definition) is 12. The zero-order chi connectivity index (χ0) is 43.5. The number of rotatable bonds is 22. The molecule has 13 heteroatoms. The van der Waals surface area contributed by atoms with Crippen molar-refractivity contribution in [2.45, 2.75) is 96.1 Å². The van der Waals surface area contributed by atoms with Gasteiger partial charge < -0.3 is 43.5 Å². The molecule has 1 aromatic heterocycles. The van der Waals surface area contributed by atoms with Gasteiger partial charge in [0.1, 0.15) is 30.8 Å². The van der Waals surface area contributed by atoms with Gasteiger partial charge in [0.2, 0.25) is 12.6 Å². The van der Waals surface area contributed by atoms with Crippen molar-refractivity contribution in [3.8, 4) is 23.0 Å². The molecule has 6 unspecified atom stereocenters. The maximum absolute atomic E-state index is 14.7. The number of nitrogens with zero attached hydrogens (tertiary/aromatic N) is 3. The van der Waals surface area contributed by atoms with E-state index in [1.807, 2.05) is 62.4 Å². The van der Waals surface area contributed by atoms with Crippen LogP contribution >= 0.6 is 0 Å². The number of ether oxygens (including phenoxy) is 6. The second kappa shape index (κ2) is 21.1. The normalized spacial score (nSPS) is 23.6. The van der Waals surface area contributed by atoms with Crippen LogP contribution in [0.5, 0.6) is 23.0 Å². The molecular formula is C49H61N3O10. The molecule has 62 heavy (non-hydrogen) atoms. The number of carbonyl (C=O) groups is 1. The van der Waals surface area contributed by atoms with Crippen LogP contribution < -0.4 is 18.9 Å². The monoisotopic (exact) mass is 851 g/mol. The molecule has 3 heterocycles. The minimum atomic E-state index is -1.46. The Bertz CT molecular complexity index is 2090. The Balaban J connectivity index is 1.42. The number of unbranched alkanes of at least 4 members (excludes halogenated alkanes) is 2. The molecule has 0 spiro atoms. The van der Waals surface area contributed by atoms with Crippen molar-refractivity contribution in [1.29, 1.82) is 0 Å². The van der Waals surface area contributed by atoms with Gasteiger partial charge in [-0.1, -0.05) is 48.4 Å². The summed E-state index contributed by atoms with van der Waals surface area (Å²) in [4.78, 5) is 26.9. The highest BCUT2D eigenvalue weighted by Gasteiger charge is 2.65. The van der Waals surface area contributed by atoms with Crippen molar-refractivity contribution in [1.82, 2.24) is 9.88 Å². The lowest BCUT2D eigenvalue weighted by molar-refractivity contribution is -0.256. The molecule has 1 saturated carbocycles. The highest BCUT2D eigenvalue weighted by Crippen LogP contribution is 2.62. The van der Waals surface area contributed by atoms with Crippen molar-refractivity contribution in [2.24, 2.45) is 22.9 Å². The Kier molecular flexibility index (Phi) is 15.2. The molecule has 2 N–H and O–H groups in total. The van der Waals surface area contributed by atoms with E-state index in [0.717, 1.165) is 53.8 Å². The predicted octanol–water partition coefficient (Wildman–Crippen LogP) is 8.57. The van der Waals surface area contributed by atoms with Gasteiger partial charge in [-0.15, -0.1) is 13.2 Å². The number of benzene rings is 2. The molecule has 0 saturated heterocycles. The van der Waals surface area contributed by atoms with Gasteiger partial charge in [-0.3, -0.25) is 9.88 Å². The average Bonchev–Trinajstić information content (AvgIpc) is 3.76. The lowest BCUT2D eigenvalue weighted by atomic mass is 9.55. The number of hydrogen-bond donors (Lipinski definition) is 2. The van der Waals surface area contributed by atoms with Crippen LogP contribution in [-0.4, -0.2) is 83.6 Å². The van der Waals surface area contributed by atoms with Crippen LogP contribution in [0.3, 0.4) is 0 Å². The van der Waals surface area contributed by atoms with Crippen LogP contribution in [0.1, 0.15) is 86.7 Å². The number of oxime groups is 1. The summed E-state index contributed by atoms with van der Waals surface area (Å²) < 4.78 is 38.3. The van der Waals surface area contributed by atoms with Gasteiger partial charge in [0.05, 0.1) is 30.5 Å². The Morgan fingerprint density at radius 3 is 2.58 bits per heavy atom. The molecule has 2 aliphatic heterocycles. The molecule has 13 nitrogen and oxygen atoms in total. The molecule has 0 radical (unpaired) electrons. The summed E-state index contributed by atoms with van der Waals surface area (Å²) in [6.45, 7) is 13.1. The molecule has 2 aromatic carbocycles. The topological polar surface area (TPSA) is 151 Å². The fraction of sp³-hybridized carbons (Fsp3) is 0.490. The second-order valence-corrected chi connectivity index (χ2v) is 16.3. The summed E-state index contributed by atoms with van der Waals surface area (Å²) in [5.74, 6) is 0.474. The summed E-state index contributed by atoms with van der Waals surface area (Å²) in [6.07, 6.45) is 10.5. The third-order valence-corrected chi connectivity index (χ3v) is 12.2. The van der Waals surface area contributed by atoms with Gasteiger partial charge in [0.25, 0.3) is 0 Å². The third-order valence-electron chi connectivity index (χ3n) is 12.2. The van der Waals surface area contributed by atoms with Crippen molar-refractivity contribution < 1.29 is 48.3 Å². The number of amides is 1. The zero-order valence-corrected chi connectivity index (χ0v) is 36.0. The molecule has 3 aromatic rings. The van der Waals surface area contributed by atoms with Crippen molar-refractivity contribution in [3.63, 3.8) is 0 Å². The molecule has 1 fully saturated rings. The van der Waals surface area contributed by atoms with E-state index in [4.69, 9.17) is 38.4 Å². The van der Waals surface area contributed by atoms with E-state index in [-0.39, 0.29) is 70.5 Å². The first kappa shape index (κ1) is 44.7. The number of allylic oxidation sites excluding steroid dienone is 1. The van der Waals surface area contributed by atoms with Crippen LogP contribution in [0, 0.1) is 24.7 Å². The number of aromatic nitrogens is 1. The smallest absolute Gasteiger partial charge is 0.410 e. The Morgan fingerprint density at radius 1 is 1.00 bits per heavy atom. The number of carbonyl (C=O) groups excluding carboxylic acids is 1. The third kappa shape index (κ3) is 9.80. The number of aliphatic hydroxyl groups is 2. The van der Waals surface area contributed by atoms with Crippen molar-refractivity contribution in [2.75, 3.05) is 39.8 Å². The molecule has 4 aliphatic rings. The standard InChI is InChI=1S/C49H61N3O10/c1-5-8-25-56-48(55)52(30-34-18-20-43-44(26-34)59-32-58-43)45-29-41(51-61-7-3)39-27-35(15-9-11-22-53)38(17-10-12-23-54)46-40-28-37(57-31-36-16-13-14-33(4)50-36)19-21-42(40)62-49(45,47(39)46)60-24-6-2/h5-6,13-14,16,18-21,26-28,35,38,45-47,53-54H,1-2,7-12,15,17,22-25,29-32H2,3-4H3. The summed E-state index contributed by atoms with van der Waals surface area (Å²) in [7, 11) is 0. The lowest BCUT2D eigenvalue weighted by Gasteiger charge is -2.59. The van der Waals surface area contributed by atoms with Crippen LogP contribution in [0.25, 0.3) is 0 Å². The van der Waals surface area contributed by atoms with Crippen LogP contribution in [0.4, 0.5) is 4.79 Å². The molecule has 0 bridgehead atoms. The first-order valence-electron chi connectivity index (χ1n) is 22.0. The Hall–Kier alpha value is -5.37. The Labute approximate surface area is 365 Å². The summed E-state index contributed by atoms with van der Waals surface area (Å²) >= 11 is 0. The minimum Gasteiger partial charge on any atom is -0.487 e. The highest BCUT2D eigenvalue weighted by atomic mass is 16.7. The number of aliphatic hydroxyl groups excluding tert-OH is 2. The van der Waals surface area contributed by atoms with Gasteiger partial charge in [-0.2, -0.15) is 0 Å². The van der Waals surface area contributed by atoms with E-state index >= 15 is 0 Å². The summed E-state index contributed by atoms with van der Waals surface area (Å²) in [5, 5.41) is 24.7. The van der Waals surface area contributed by atoms with Crippen molar-refractivity contribution >= 4 is 11.8 Å². The SMILES string of the molecule is C=CCCOC(=O)N(Cc1ccc2c(c1)OCO2)C1CC(=NOCC)C2=CC(CCCCO)C(CCCCO)C3c4cc(OCc5cccc(C)n5)ccc4OC1(OCC=C)C23. The average molecular weight is 852 g/mol. The van der Waals surface area contributed by atoms with Crippen LogP contribution in [0.2, 0.25) is 0 Å². The lowest BCUT2D eigenvalue weighted by Crippen LogP contribution is -2.70. The molecule has 2 aliphatic carbocycles. The molecular weight excluding hydrogens is 791 g/mol. The minimum absolute atomic E-state index is 0.0472. The van der Waals surface area contributed by atoms with Gasteiger partial charge in [-0.05, 0) is 111 Å². The summed E-state index contributed by atoms with van der Waals surface area (Å²) in [5.41, 5.74) is 5.13. The van der Waals surface area contributed by atoms with E-state index in [1.165, 1.54) is 0 Å². The second-order valence-electron chi connectivity index (χ2n) is 16.3. The maximum atomic E-state index is 14.7. The van der Waals surface area contributed by atoms with E-state index in [1.54, 1.807) is 17.1 Å². The number of aryl methyl sites for hydroxylation is 1. The van der Waals surface area contributed by atoms with E-state index in [2.05, 4.69) is 30.3 Å². The molecule has 6 atom stereocenters.